The van der Waals surface area contributed by atoms with Crippen LogP contribution in [0.2, 0.25) is 5.02 Å². The van der Waals surface area contributed by atoms with E-state index in [-0.39, 0.29) is 0 Å². The minimum absolute atomic E-state index is 0.839. The maximum Gasteiger partial charge on any atom is 0.0417 e. The van der Waals surface area contributed by atoms with Gasteiger partial charge >= 0.3 is 0 Å². The zero-order chi connectivity index (χ0) is 13.2. The molecule has 1 aromatic rings. The van der Waals surface area contributed by atoms with Crippen LogP contribution in [0.4, 0.5) is 0 Å². The molecule has 0 radical (unpaired) electrons. The first-order valence-corrected chi connectivity index (χ1v) is 8.17. The van der Waals surface area contributed by atoms with Crippen molar-refractivity contribution >= 4 is 29.1 Å². The van der Waals surface area contributed by atoms with Gasteiger partial charge in [0, 0.05) is 53.1 Å². The lowest BCUT2D eigenvalue weighted by Crippen LogP contribution is -2.43. The Morgan fingerprint density at radius 2 is 1.95 bits per heavy atom. The molecule has 1 aromatic carbocycles. The predicted octanol–water partition coefficient (Wildman–Crippen LogP) is 3.42. The van der Waals surface area contributed by atoms with Crippen LogP contribution in [0.3, 0.4) is 0 Å². The number of rotatable bonds is 1. The first kappa shape index (κ1) is 13.3. The van der Waals surface area contributed by atoms with Crippen LogP contribution >= 0.6 is 23.4 Å². The zero-order valence-electron chi connectivity index (χ0n) is 11.2. The largest absolute Gasteiger partial charge is 0.369 e. The summed E-state index contributed by atoms with van der Waals surface area (Å²) in [6.07, 6.45) is 3.54. The van der Waals surface area contributed by atoms with Crippen LogP contribution in [0.5, 0.6) is 0 Å². The van der Waals surface area contributed by atoms with E-state index < -0.39 is 0 Å². The van der Waals surface area contributed by atoms with Gasteiger partial charge in [0.25, 0.3) is 0 Å². The maximum absolute atomic E-state index is 6.13. The quantitative estimate of drug-likeness (QED) is 0.783. The Balaban J connectivity index is 1.91. The highest BCUT2D eigenvalue weighted by molar-refractivity contribution is 7.99. The molecule has 0 saturated carbocycles. The van der Waals surface area contributed by atoms with Crippen LogP contribution in [-0.2, 0) is 0 Å². The number of hydrogen-bond acceptors (Lipinski definition) is 3. The smallest absolute Gasteiger partial charge is 0.0417 e. The Morgan fingerprint density at radius 1 is 1.16 bits per heavy atom. The Labute approximate surface area is 124 Å². The van der Waals surface area contributed by atoms with E-state index in [1.165, 1.54) is 16.2 Å². The Bertz CT molecular complexity index is 493. The standard InChI is InChI=1S/C15H19ClN2S/c1-17-6-8-18(9-7-17)14-3-2-10-19-15-11-12(16)4-5-13(14)15/h3-5,11H,2,6-10H2,1H3. The van der Waals surface area contributed by atoms with Crippen molar-refractivity contribution < 1.29 is 0 Å². The highest BCUT2D eigenvalue weighted by Gasteiger charge is 2.21. The number of piperazine rings is 1. The minimum Gasteiger partial charge on any atom is -0.369 e. The molecule has 0 spiro atoms. The van der Waals surface area contributed by atoms with Crippen LogP contribution in [0.1, 0.15) is 12.0 Å². The van der Waals surface area contributed by atoms with Gasteiger partial charge in [-0.05, 0) is 25.6 Å². The minimum atomic E-state index is 0.839. The maximum atomic E-state index is 6.13. The average molecular weight is 295 g/mol. The van der Waals surface area contributed by atoms with E-state index in [9.17, 15) is 0 Å². The van der Waals surface area contributed by atoms with Crippen molar-refractivity contribution in [2.75, 3.05) is 39.0 Å². The third-order valence-corrected chi connectivity index (χ3v) is 5.10. The first-order chi connectivity index (χ1) is 9.24. The molecule has 0 bridgehead atoms. The summed E-state index contributed by atoms with van der Waals surface area (Å²) in [6, 6.07) is 6.30. The molecule has 19 heavy (non-hydrogen) atoms. The second-order valence-corrected chi connectivity index (χ2v) is 6.73. The molecule has 4 heteroatoms. The molecule has 0 amide bonds. The second-order valence-electron chi connectivity index (χ2n) is 5.16. The van der Waals surface area contributed by atoms with Crippen molar-refractivity contribution in [1.82, 2.24) is 9.80 Å². The molecule has 0 aromatic heterocycles. The molecule has 2 nitrogen and oxygen atoms in total. The molecule has 1 saturated heterocycles. The fourth-order valence-electron chi connectivity index (χ4n) is 2.65. The van der Waals surface area contributed by atoms with Crippen molar-refractivity contribution in [3.8, 4) is 0 Å². The lowest BCUT2D eigenvalue weighted by Gasteiger charge is -2.36. The number of allylic oxidation sites excluding steroid dienone is 1. The molecule has 0 atom stereocenters. The topological polar surface area (TPSA) is 6.48 Å². The monoisotopic (exact) mass is 294 g/mol. The number of nitrogens with zero attached hydrogens (tertiary/aromatic N) is 2. The number of thioether (sulfide) groups is 1. The first-order valence-electron chi connectivity index (χ1n) is 6.80. The van der Waals surface area contributed by atoms with Gasteiger partial charge in [-0.3, -0.25) is 0 Å². The van der Waals surface area contributed by atoms with Crippen LogP contribution in [0.25, 0.3) is 5.70 Å². The molecule has 2 aliphatic heterocycles. The lowest BCUT2D eigenvalue weighted by molar-refractivity contribution is 0.207. The summed E-state index contributed by atoms with van der Waals surface area (Å²) >= 11 is 8.05. The molecule has 2 aliphatic rings. The van der Waals surface area contributed by atoms with Gasteiger partial charge in [0.1, 0.15) is 0 Å². The van der Waals surface area contributed by atoms with Gasteiger partial charge in [-0.2, -0.15) is 0 Å². The Hall–Kier alpha value is -0.640. The summed E-state index contributed by atoms with van der Waals surface area (Å²) in [6.45, 7) is 4.53. The summed E-state index contributed by atoms with van der Waals surface area (Å²) in [5.41, 5.74) is 2.77. The van der Waals surface area contributed by atoms with Crippen molar-refractivity contribution in [2.24, 2.45) is 0 Å². The van der Waals surface area contributed by atoms with Gasteiger partial charge in [-0.25, -0.2) is 0 Å². The Kier molecular flexibility index (Phi) is 4.06. The fourth-order valence-corrected chi connectivity index (χ4v) is 3.88. The summed E-state index contributed by atoms with van der Waals surface area (Å²) in [7, 11) is 2.20. The zero-order valence-corrected chi connectivity index (χ0v) is 12.8. The molecule has 102 valence electrons. The molecule has 1 fully saturated rings. The normalized spacial score (nSPS) is 20.7. The van der Waals surface area contributed by atoms with Crippen molar-refractivity contribution in [1.29, 1.82) is 0 Å². The fraction of sp³-hybridized carbons (Fsp3) is 0.467. The second kappa shape index (κ2) is 5.78. The van der Waals surface area contributed by atoms with Gasteiger partial charge in [0.15, 0.2) is 0 Å². The van der Waals surface area contributed by atoms with Crippen molar-refractivity contribution in [2.45, 2.75) is 11.3 Å². The lowest BCUT2D eigenvalue weighted by atomic mass is 10.1. The summed E-state index contributed by atoms with van der Waals surface area (Å²) < 4.78 is 0. The van der Waals surface area contributed by atoms with Gasteiger partial charge in [-0.15, -0.1) is 11.8 Å². The van der Waals surface area contributed by atoms with E-state index >= 15 is 0 Å². The summed E-state index contributed by atoms with van der Waals surface area (Å²) in [5, 5.41) is 0.839. The van der Waals surface area contributed by atoms with E-state index in [1.54, 1.807) is 0 Å². The van der Waals surface area contributed by atoms with Crippen LogP contribution in [-0.4, -0.2) is 48.8 Å². The van der Waals surface area contributed by atoms with Crippen molar-refractivity contribution in [3.63, 3.8) is 0 Å². The molecule has 0 unspecified atom stereocenters. The Morgan fingerprint density at radius 3 is 2.74 bits per heavy atom. The number of benzene rings is 1. The number of fused-ring (bicyclic) bond motifs is 1. The van der Waals surface area contributed by atoms with E-state index in [2.05, 4.69) is 35.1 Å². The number of likely N-dealkylation sites (N-methyl/N-ethyl adjacent to an activating group) is 1. The SMILES string of the molecule is CN1CCN(C2=CCCSc3cc(Cl)ccc32)CC1. The third kappa shape index (κ3) is 2.93. The molecule has 0 aliphatic carbocycles. The molecule has 2 heterocycles. The van der Waals surface area contributed by atoms with Gasteiger partial charge < -0.3 is 9.80 Å². The van der Waals surface area contributed by atoms with Gasteiger partial charge in [0.2, 0.25) is 0 Å². The number of halogens is 1. The van der Waals surface area contributed by atoms with E-state index in [0.29, 0.717) is 0 Å². The summed E-state index contributed by atoms with van der Waals surface area (Å²) in [4.78, 5) is 6.25. The highest BCUT2D eigenvalue weighted by Crippen LogP contribution is 2.36. The van der Waals surface area contributed by atoms with E-state index in [0.717, 1.165) is 43.4 Å². The third-order valence-electron chi connectivity index (χ3n) is 3.78. The average Bonchev–Trinajstić information content (AvgIpc) is 2.61. The molecule has 3 rings (SSSR count). The molecule has 0 N–H and O–H groups in total. The van der Waals surface area contributed by atoms with Crippen molar-refractivity contribution in [3.05, 3.63) is 34.9 Å². The van der Waals surface area contributed by atoms with Gasteiger partial charge in [-0.1, -0.05) is 23.7 Å². The number of hydrogen-bond donors (Lipinski definition) is 0. The predicted molar refractivity (Wildman–Crippen MR) is 83.8 cm³/mol. The van der Waals surface area contributed by atoms with Crippen LogP contribution in [0.15, 0.2) is 29.2 Å². The molecular weight excluding hydrogens is 276 g/mol. The van der Waals surface area contributed by atoms with Crippen LogP contribution in [0, 0.1) is 0 Å². The van der Waals surface area contributed by atoms with E-state index in [1.807, 2.05) is 17.8 Å². The van der Waals surface area contributed by atoms with Crippen LogP contribution < -0.4 is 0 Å². The van der Waals surface area contributed by atoms with E-state index in [4.69, 9.17) is 11.6 Å². The summed E-state index contributed by atoms with van der Waals surface area (Å²) in [5.74, 6) is 1.14. The highest BCUT2D eigenvalue weighted by atomic mass is 35.5. The molecular formula is C15H19ClN2S. The van der Waals surface area contributed by atoms with Gasteiger partial charge in [0.05, 0.1) is 0 Å².